The molecule has 0 atom stereocenters. The minimum atomic E-state index is -0.313. The highest BCUT2D eigenvalue weighted by Crippen LogP contribution is 2.28. The molecule has 0 saturated heterocycles. The number of aromatic nitrogens is 3. The van der Waals surface area contributed by atoms with Crippen molar-refractivity contribution in [2.45, 2.75) is 26.2 Å². The molecule has 4 aromatic rings. The number of amides is 1. The molecule has 4 rings (SSSR count). The summed E-state index contributed by atoms with van der Waals surface area (Å²) < 4.78 is 2.18. The molecule has 9 heteroatoms. The summed E-state index contributed by atoms with van der Waals surface area (Å²) >= 11 is 3.38. The van der Waals surface area contributed by atoms with Crippen LogP contribution in [0.25, 0.3) is 22.2 Å². The third kappa shape index (κ3) is 4.29. The number of phenols is 1. The van der Waals surface area contributed by atoms with E-state index in [1.165, 1.54) is 10.9 Å². The van der Waals surface area contributed by atoms with Crippen LogP contribution >= 0.6 is 15.9 Å². The van der Waals surface area contributed by atoms with Crippen LogP contribution in [-0.4, -0.2) is 38.4 Å². The Bertz CT molecular complexity index is 1330. The third-order valence-electron chi connectivity index (χ3n) is 5.07. The van der Waals surface area contributed by atoms with E-state index in [1.54, 1.807) is 18.2 Å². The number of para-hydroxylation sites is 2. The van der Waals surface area contributed by atoms with Gasteiger partial charge in [0.05, 0.1) is 17.2 Å². The molecule has 0 aliphatic carbocycles. The molecular formula is C23H23BrN6O2. The molecule has 4 N–H and O–H groups in total. The van der Waals surface area contributed by atoms with E-state index in [2.05, 4.69) is 43.2 Å². The van der Waals surface area contributed by atoms with Crippen molar-refractivity contribution in [3.63, 3.8) is 0 Å². The summed E-state index contributed by atoms with van der Waals surface area (Å²) in [5.41, 5.74) is 9.17. The number of carbonyl (C=O) groups excluding carboxylic acids is 1. The monoisotopic (exact) mass is 494 g/mol. The molecule has 2 heterocycles. The van der Waals surface area contributed by atoms with Gasteiger partial charge in [-0.05, 0) is 36.8 Å². The van der Waals surface area contributed by atoms with Crippen LogP contribution in [0.3, 0.4) is 0 Å². The smallest absolute Gasteiger partial charge is 0.257 e. The van der Waals surface area contributed by atoms with Crippen molar-refractivity contribution in [3.8, 4) is 5.75 Å². The maximum atomic E-state index is 13.0. The van der Waals surface area contributed by atoms with Gasteiger partial charge < -0.3 is 16.2 Å². The van der Waals surface area contributed by atoms with Gasteiger partial charge in [0.25, 0.3) is 5.91 Å². The highest BCUT2D eigenvalue weighted by Gasteiger charge is 2.23. The van der Waals surface area contributed by atoms with E-state index in [0.717, 1.165) is 23.7 Å². The minimum absolute atomic E-state index is 0.0670. The number of halogens is 1. The number of nitrogens with two attached hydrogens (primary N) is 1. The van der Waals surface area contributed by atoms with Crippen LogP contribution in [0.4, 0.5) is 5.82 Å². The molecule has 0 fully saturated rings. The van der Waals surface area contributed by atoms with Crippen LogP contribution < -0.4 is 11.1 Å². The number of nitrogens with zero attached hydrogens (tertiary/aromatic N) is 4. The molecule has 0 aliphatic rings. The first-order chi connectivity index (χ1) is 15.5. The summed E-state index contributed by atoms with van der Waals surface area (Å²) in [5.74, 6) is -0.112. The van der Waals surface area contributed by atoms with Gasteiger partial charge in [0.2, 0.25) is 0 Å². The number of nitrogens with one attached hydrogen (secondary N) is 1. The van der Waals surface area contributed by atoms with Gasteiger partial charge in [0.15, 0.2) is 5.65 Å². The first-order valence-electron chi connectivity index (χ1n) is 10.4. The van der Waals surface area contributed by atoms with Crippen LogP contribution in [-0.2, 0) is 0 Å². The molecule has 8 nitrogen and oxygen atoms in total. The molecule has 2 aromatic carbocycles. The molecule has 0 bridgehead atoms. The predicted octanol–water partition coefficient (Wildman–Crippen LogP) is 4.44. The number of hydrogen-bond acceptors (Lipinski definition) is 6. The predicted molar refractivity (Wildman–Crippen MR) is 130 cm³/mol. The normalized spacial score (nSPS) is 11.6. The second-order valence-corrected chi connectivity index (χ2v) is 8.28. The number of carbonyl (C=O) groups is 1. The molecule has 0 saturated carbocycles. The van der Waals surface area contributed by atoms with Crippen molar-refractivity contribution in [3.05, 3.63) is 58.1 Å². The number of rotatable bonds is 7. The van der Waals surface area contributed by atoms with Crippen LogP contribution in [0.1, 0.15) is 42.1 Å². The zero-order valence-electron chi connectivity index (χ0n) is 17.5. The van der Waals surface area contributed by atoms with Crippen molar-refractivity contribution < 1.29 is 9.90 Å². The van der Waals surface area contributed by atoms with E-state index in [0.29, 0.717) is 34.3 Å². The van der Waals surface area contributed by atoms with Gasteiger partial charge in [0, 0.05) is 16.6 Å². The summed E-state index contributed by atoms with van der Waals surface area (Å²) in [4.78, 5) is 22.3. The van der Waals surface area contributed by atoms with E-state index < -0.39 is 0 Å². The molecule has 0 aliphatic heterocycles. The maximum absolute atomic E-state index is 13.0. The SMILES string of the molecule is CCCCCNC(=O)c1c(N)n(N=Cc2cc(Br)ccc2O)c2nc3ccccc3nc12. The van der Waals surface area contributed by atoms with Gasteiger partial charge >= 0.3 is 0 Å². The van der Waals surface area contributed by atoms with E-state index in [4.69, 9.17) is 5.73 Å². The Morgan fingerprint density at radius 1 is 1.22 bits per heavy atom. The molecular weight excluding hydrogens is 472 g/mol. The standard InChI is InChI=1S/C23H23BrN6O2/c1-2-3-6-11-26-23(32)19-20-22(29-17-8-5-4-7-16(17)28-20)30(21(19)25)27-13-14-12-15(24)9-10-18(14)31/h4-5,7-10,12-13,31H,2-3,6,11,25H2,1H3,(H,26,32). The molecule has 32 heavy (non-hydrogen) atoms. The number of benzene rings is 2. The molecule has 0 radical (unpaired) electrons. The van der Waals surface area contributed by atoms with Gasteiger partial charge in [-0.2, -0.15) is 9.78 Å². The number of fused-ring (bicyclic) bond motifs is 2. The van der Waals surface area contributed by atoms with E-state index in [-0.39, 0.29) is 23.0 Å². The van der Waals surface area contributed by atoms with Crippen LogP contribution in [0.2, 0.25) is 0 Å². The Morgan fingerprint density at radius 3 is 2.72 bits per heavy atom. The second kappa shape index (κ2) is 9.35. The van der Waals surface area contributed by atoms with Gasteiger partial charge in [-0.25, -0.2) is 9.97 Å². The summed E-state index contributed by atoms with van der Waals surface area (Å²) in [6, 6.07) is 12.4. The van der Waals surface area contributed by atoms with E-state index in [9.17, 15) is 9.90 Å². The zero-order valence-corrected chi connectivity index (χ0v) is 19.1. The Kier molecular flexibility index (Phi) is 6.36. The lowest BCUT2D eigenvalue weighted by Crippen LogP contribution is -2.25. The highest BCUT2D eigenvalue weighted by molar-refractivity contribution is 9.10. The van der Waals surface area contributed by atoms with Crippen molar-refractivity contribution in [2.24, 2.45) is 5.10 Å². The van der Waals surface area contributed by atoms with Gasteiger partial charge in [0.1, 0.15) is 22.6 Å². The summed E-state index contributed by atoms with van der Waals surface area (Å²) in [5, 5.41) is 17.5. The topological polar surface area (TPSA) is 118 Å². The third-order valence-corrected chi connectivity index (χ3v) is 5.56. The Balaban J connectivity index is 1.83. The van der Waals surface area contributed by atoms with Crippen molar-refractivity contribution in [2.75, 3.05) is 12.3 Å². The highest BCUT2D eigenvalue weighted by atomic mass is 79.9. The lowest BCUT2D eigenvalue weighted by molar-refractivity contribution is 0.0955. The lowest BCUT2D eigenvalue weighted by atomic mass is 10.2. The average molecular weight is 495 g/mol. The van der Waals surface area contributed by atoms with Crippen LogP contribution in [0.15, 0.2) is 52.0 Å². The fourth-order valence-electron chi connectivity index (χ4n) is 3.40. The average Bonchev–Trinajstić information content (AvgIpc) is 3.05. The molecule has 0 unspecified atom stereocenters. The fourth-order valence-corrected chi connectivity index (χ4v) is 3.78. The van der Waals surface area contributed by atoms with Crippen molar-refractivity contribution in [1.29, 1.82) is 0 Å². The van der Waals surface area contributed by atoms with Gasteiger partial charge in [-0.3, -0.25) is 4.79 Å². The fraction of sp³-hybridized carbons (Fsp3) is 0.217. The first kappa shape index (κ1) is 21.8. The number of aromatic hydroxyl groups is 1. The Labute approximate surface area is 193 Å². The maximum Gasteiger partial charge on any atom is 0.257 e. The largest absolute Gasteiger partial charge is 0.507 e. The number of hydrogen-bond donors (Lipinski definition) is 3. The Hall–Kier alpha value is -3.46. The number of nitrogen functional groups attached to an aromatic ring is 1. The van der Waals surface area contributed by atoms with Crippen molar-refractivity contribution >= 4 is 56.1 Å². The van der Waals surface area contributed by atoms with Gasteiger partial charge in [-0.15, -0.1) is 0 Å². The number of anilines is 1. The molecule has 164 valence electrons. The van der Waals surface area contributed by atoms with Crippen LogP contribution in [0.5, 0.6) is 5.75 Å². The van der Waals surface area contributed by atoms with E-state index >= 15 is 0 Å². The summed E-state index contributed by atoms with van der Waals surface area (Å²) in [7, 11) is 0. The Morgan fingerprint density at radius 2 is 1.97 bits per heavy atom. The molecule has 1 amide bonds. The second-order valence-electron chi connectivity index (χ2n) is 7.37. The first-order valence-corrected chi connectivity index (χ1v) is 11.2. The minimum Gasteiger partial charge on any atom is -0.507 e. The zero-order chi connectivity index (χ0) is 22.7. The molecule has 0 spiro atoms. The summed E-state index contributed by atoms with van der Waals surface area (Å²) in [6.07, 6.45) is 4.44. The lowest BCUT2D eigenvalue weighted by Gasteiger charge is -2.05. The van der Waals surface area contributed by atoms with Crippen molar-refractivity contribution in [1.82, 2.24) is 20.0 Å². The van der Waals surface area contributed by atoms with Gasteiger partial charge in [-0.1, -0.05) is 47.8 Å². The molecule has 2 aromatic heterocycles. The number of phenolic OH excluding ortho intramolecular Hbond substituents is 1. The quantitative estimate of drug-likeness (QED) is 0.259. The van der Waals surface area contributed by atoms with Crippen LogP contribution in [0, 0.1) is 0 Å². The van der Waals surface area contributed by atoms with E-state index in [1.807, 2.05) is 24.3 Å². The number of unbranched alkanes of at least 4 members (excludes halogenated alkanes) is 2. The summed E-state index contributed by atoms with van der Waals surface area (Å²) in [6.45, 7) is 2.66.